The first-order chi connectivity index (χ1) is 2.50. The molecule has 0 nitrogen and oxygen atoms in total. The van der Waals surface area contributed by atoms with Gasteiger partial charge in [0.15, 0.2) is 0 Å². The Hall–Kier alpha value is 0.194. The van der Waals surface area contributed by atoms with E-state index in [4.69, 9.17) is 0 Å². The van der Waals surface area contributed by atoms with Crippen LogP contribution in [0.5, 0.6) is 0 Å². The molecule has 0 spiro atoms. The summed E-state index contributed by atoms with van der Waals surface area (Å²) in [4.78, 5) is 0. The number of hydrogen-bond acceptors (Lipinski definition) is 0. The van der Waals surface area contributed by atoms with Gasteiger partial charge in [0.05, 0.1) is 0 Å². The number of hydrogen-bond donors (Lipinski definition) is 0. The molecule has 0 bridgehead atoms. The molecule has 0 fully saturated rings. The fourth-order valence-electron chi connectivity index (χ4n) is 0.340. The van der Waals surface area contributed by atoms with Crippen molar-refractivity contribution >= 4 is 0 Å². The maximum absolute atomic E-state index is 2.99. The van der Waals surface area contributed by atoms with Gasteiger partial charge in [-0.2, -0.15) is 6.08 Å². The van der Waals surface area contributed by atoms with Gasteiger partial charge in [0, 0.05) is 0 Å². The summed E-state index contributed by atoms with van der Waals surface area (Å²) >= 11 is 0. The molecular weight excluding hydrogens is 120 g/mol. The van der Waals surface area contributed by atoms with Crippen LogP contribution < -0.4 is 0 Å². The molecule has 1 rings (SSSR count). The summed E-state index contributed by atoms with van der Waals surface area (Å²) in [6.45, 7) is 0. The summed E-state index contributed by atoms with van der Waals surface area (Å²) in [6, 6.07) is 0. The SMILES string of the molecule is [C-]1=CC=CC1.[CH3-].[H-].[H-].[Ti+4]. The van der Waals surface area contributed by atoms with Gasteiger partial charge in [-0.15, -0.1) is 6.42 Å². The van der Waals surface area contributed by atoms with E-state index in [0.717, 1.165) is 6.42 Å². The van der Waals surface area contributed by atoms with E-state index in [0.29, 0.717) is 0 Å². The van der Waals surface area contributed by atoms with Crippen LogP contribution in [0.1, 0.15) is 9.27 Å². The molecule has 0 aromatic heterocycles. The molecule has 0 aromatic rings. The van der Waals surface area contributed by atoms with Gasteiger partial charge in [0.1, 0.15) is 0 Å². The second kappa shape index (κ2) is 6.19. The smallest absolute Gasteiger partial charge is 1.00 e. The molecule has 38 valence electrons. The molecule has 1 heteroatoms. The van der Waals surface area contributed by atoms with Crippen molar-refractivity contribution in [2.45, 2.75) is 6.42 Å². The molecule has 0 unspecified atom stereocenters. The van der Waals surface area contributed by atoms with Gasteiger partial charge in [-0.05, 0) is 0 Å². The summed E-state index contributed by atoms with van der Waals surface area (Å²) in [5.74, 6) is 0. The minimum atomic E-state index is 0. The van der Waals surface area contributed by atoms with Crippen LogP contribution >= 0.6 is 0 Å². The minimum absolute atomic E-state index is 0. The van der Waals surface area contributed by atoms with Crippen LogP contribution in [0.3, 0.4) is 0 Å². The first kappa shape index (κ1) is 10.2. The molecule has 1 aliphatic carbocycles. The molecule has 0 atom stereocenters. The van der Waals surface area contributed by atoms with E-state index in [2.05, 4.69) is 12.2 Å². The van der Waals surface area contributed by atoms with E-state index >= 15 is 0 Å². The van der Waals surface area contributed by atoms with E-state index in [9.17, 15) is 0 Å². The summed E-state index contributed by atoms with van der Waals surface area (Å²) in [6.07, 6.45) is 10.0. The predicted octanol–water partition coefficient (Wildman–Crippen LogP) is 1.98. The Balaban J connectivity index is -0.0000000312. The molecule has 0 saturated heterocycles. The zero-order chi connectivity index (χ0) is 3.54. The largest absolute Gasteiger partial charge is 4.00 e. The second-order valence-electron chi connectivity index (χ2n) is 1.00. The average Bonchev–Trinajstić information content (AvgIpc) is 1.76. The van der Waals surface area contributed by atoms with Gasteiger partial charge in [0.2, 0.25) is 0 Å². The van der Waals surface area contributed by atoms with Gasteiger partial charge < -0.3 is 10.3 Å². The van der Waals surface area contributed by atoms with Crippen molar-refractivity contribution in [3.8, 4) is 0 Å². The maximum Gasteiger partial charge on any atom is 4.00 e. The molecule has 0 heterocycles. The summed E-state index contributed by atoms with van der Waals surface area (Å²) < 4.78 is 0. The van der Waals surface area contributed by atoms with E-state index in [-0.39, 0.29) is 32.0 Å². The van der Waals surface area contributed by atoms with Crippen molar-refractivity contribution in [2.75, 3.05) is 0 Å². The van der Waals surface area contributed by atoms with Crippen LogP contribution in [0.25, 0.3) is 0 Å². The van der Waals surface area contributed by atoms with Crippen LogP contribution in [-0.4, -0.2) is 0 Å². The first-order valence-corrected chi connectivity index (χ1v) is 1.72. The first-order valence-electron chi connectivity index (χ1n) is 1.72. The second-order valence-corrected chi connectivity index (χ2v) is 1.00. The Kier molecular flexibility index (Phi) is 9.05. The molecule has 0 aromatic carbocycles. The van der Waals surface area contributed by atoms with Crippen molar-refractivity contribution in [1.82, 2.24) is 0 Å². The van der Waals surface area contributed by atoms with Crippen LogP contribution in [0.15, 0.2) is 18.2 Å². The summed E-state index contributed by atoms with van der Waals surface area (Å²) in [7, 11) is 0. The van der Waals surface area contributed by atoms with E-state index < -0.39 is 0 Å². The Morgan fingerprint density at radius 3 is 2.43 bits per heavy atom. The fraction of sp³-hybridized carbons (Fsp3) is 0.167. The van der Waals surface area contributed by atoms with E-state index in [1.54, 1.807) is 0 Å². The van der Waals surface area contributed by atoms with Crippen molar-refractivity contribution in [3.05, 3.63) is 31.7 Å². The van der Waals surface area contributed by atoms with E-state index in [1.165, 1.54) is 0 Å². The zero-order valence-electron chi connectivity index (χ0n) is 6.44. The molecule has 0 amide bonds. The maximum atomic E-state index is 2.99. The van der Waals surface area contributed by atoms with Gasteiger partial charge >= 0.3 is 21.7 Å². The van der Waals surface area contributed by atoms with Crippen LogP contribution in [0, 0.1) is 13.5 Å². The standard InChI is InChI=1S/C5H5.CH3.Ti.2H/c1-2-4-5-3-1;;;;/h1-3H,4H2;1H3;;;/q2*-1;+4;2*-1. The van der Waals surface area contributed by atoms with Crippen LogP contribution in [0.2, 0.25) is 0 Å². The summed E-state index contributed by atoms with van der Waals surface area (Å²) in [5, 5.41) is 0. The Morgan fingerprint density at radius 1 is 1.57 bits per heavy atom. The van der Waals surface area contributed by atoms with Gasteiger partial charge in [-0.1, -0.05) is 0 Å². The molecular formula is C6H10Ti. The predicted molar refractivity (Wildman–Crippen MR) is 30.2 cm³/mol. The van der Waals surface area contributed by atoms with Gasteiger partial charge in [-0.3, -0.25) is 6.08 Å². The Morgan fingerprint density at radius 2 is 2.29 bits per heavy atom. The van der Waals surface area contributed by atoms with Crippen molar-refractivity contribution in [2.24, 2.45) is 0 Å². The molecule has 1 aliphatic rings. The quantitative estimate of drug-likeness (QED) is 0.347. The fourth-order valence-corrected chi connectivity index (χ4v) is 0.340. The van der Waals surface area contributed by atoms with Gasteiger partial charge in [-0.25, -0.2) is 12.2 Å². The Labute approximate surface area is 63.2 Å². The Bertz CT molecular complexity index is 69.1. The topological polar surface area (TPSA) is 0 Å². The molecule has 0 N–H and O–H groups in total. The van der Waals surface area contributed by atoms with Crippen LogP contribution in [-0.2, 0) is 21.7 Å². The third-order valence-corrected chi connectivity index (χ3v) is 0.586. The molecule has 0 radical (unpaired) electrons. The molecule has 0 aliphatic heterocycles. The minimum Gasteiger partial charge on any atom is -1.00 e. The monoisotopic (exact) mass is 130 g/mol. The molecule has 7 heavy (non-hydrogen) atoms. The number of allylic oxidation sites excluding steroid dienone is 4. The average molecular weight is 130 g/mol. The molecule has 0 saturated carbocycles. The van der Waals surface area contributed by atoms with Crippen molar-refractivity contribution in [3.63, 3.8) is 0 Å². The van der Waals surface area contributed by atoms with Gasteiger partial charge in [0.25, 0.3) is 0 Å². The number of rotatable bonds is 0. The van der Waals surface area contributed by atoms with Crippen molar-refractivity contribution in [1.29, 1.82) is 0 Å². The third-order valence-electron chi connectivity index (χ3n) is 0.586. The van der Waals surface area contributed by atoms with Crippen molar-refractivity contribution < 1.29 is 24.6 Å². The third kappa shape index (κ3) is 4.04. The zero-order valence-corrected chi connectivity index (χ0v) is 6.00. The van der Waals surface area contributed by atoms with E-state index in [1.807, 2.05) is 12.2 Å². The summed E-state index contributed by atoms with van der Waals surface area (Å²) in [5.41, 5.74) is 0. The normalized spacial score (nSPS) is 12.6. The van der Waals surface area contributed by atoms with Crippen LogP contribution in [0.4, 0.5) is 0 Å².